The molecule has 0 aliphatic carbocycles. The second-order valence-corrected chi connectivity index (χ2v) is 9.34. The van der Waals surface area contributed by atoms with Crippen molar-refractivity contribution < 1.29 is 26.4 Å². The average Bonchev–Trinajstić information content (AvgIpc) is 3.00. The van der Waals surface area contributed by atoms with E-state index in [0.29, 0.717) is 12.1 Å². The van der Waals surface area contributed by atoms with Gasteiger partial charge in [0.1, 0.15) is 0 Å². The molecule has 10 heteroatoms. The van der Waals surface area contributed by atoms with Crippen molar-refractivity contribution in [2.45, 2.75) is 18.6 Å². The Morgan fingerprint density at radius 3 is 2.45 bits per heavy atom. The maximum absolute atomic E-state index is 13.0. The predicted octanol–water partition coefficient (Wildman–Crippen LogP) is 3.99. The molecule has 1 heterocycles. The third kappa shape index (κ3) is 5.22. The molecule has 5 nitrogen and oxygen atoms in total. The lowest BCUT2D eigenvalue weighted by atomic mass is 10.1. The van der Waals surface area contributed by atoms with E-state index >= 15 is 0 Å². The van der Waals surface area contributed by atoms with Crippen LogP contribution in [0.25, 0.3) is 0 Å². The van der Waals surface area contributed by atoms with Crippen LogP contribution in [-0.2, 0) is 20.8 Å². The molecule has 29 heavy (non-hydrogen) atoms. The molecule has 1 saturated heterocycles. The van der Waals surface area contributed by atoms with Crippen LogP contribution >= 0.6 is 11.6 Å². The number of amides is 1. The van der Waals surface area contributed by atoms with Gasteiger partial charge in [-0.2, -0.15) is 13.2 Å². The molecule has 1 amide bonds. The lowest BCUT2D eigenvalue weighted by molar-refractivity contribution is -0.137. The van der Waals surface area contributed by atoms with E-state index < -0.39 is 38.5 Å². The molecule has 1 N–H and O–H groups in total. The number of hydrogen-bond donors (Lipinski definition) is 1. The molecule has 1 fully saturated rings. The number of anilines is 2. The van der Waals surface area contributed by atoms with Crippen molar-refractivity contribution in [1.29, 1.82) is 0 Å². The first-order valence-corrected chi connectivity index (χ1v) is 10.9. The minimum atomic E-state index is -4.62. The molecule has 0 bridgehead atoms. The first-order valence-electron chi connectivity index (χ1n) is 8.75. The molecule has 1 aliphatic rings. The summed E-state index contributed by atoms with van der Waals surface area (Å²) >= 11 is 5.61. The summed E-state index contributed by atoms with van der Waals surface area (Å²) in [5, 5.41) is 2.25. The van der Waals surface area contributed by atoms with Gasteiger partial charge in [0.15, 0.2) is 9.84 Å². The lowest BCUT2D eigenvalue weighted by Crippen LogP contribution is -2.44. The van der Waals surface area contributed by atoms with E-state index in [1.807, 2.05) is 0 Å². The lowest BCUT2D eigenvalue weighted by Gasteiger charge is -2.28. The summed E-state index contributed by atoms with van der Waals surface area (Å²) in [4.78, 5) is 14.3. The average molecular weight is 447 g/mol. The maximum Gasteiger partial charge on any atom is 0.417 e. The topological polar surface area (TPSA) is 66.5 Å². The van der Waals surface area contributed by atoms with Gasteiger partial charge >= 0.3 is 6.18 Å². The minimum absolute atomic E-state index is 0.00612. The van der Waals surface area contributed by atoms with Crippen molar-refractivity contribution in [3.05, 3.63) is 59.1 Å². The third-order valence-corrected chi connectivity index (χ3v) is 6.67. The van der Waals surface area contributed by atoms with Gasteiger partial charge in [0.2, 0.25) is 5.91 Å². The Morgan fingerprint density at radius 1 is 1.17 bits per heavy atom. The SMILES string of the molecule is O=C(CNc1ccc(Cl)c(C(F)(F)F)c1)N(c1ccccc1)C1CCS(=O)(=O)C1. The number of halogens is 4. The summed E-state index contributed by atoms with van der Waals surface area (Å²) in [6.07, 6.45) is -4.31. The Kier molecular flexibility index (Phi) is 6.09. The number of para-hydroxylation sites is 1. The van der Waals surface area contributed by atoms with Gasteiger partial charge in [-0.1, -0.05) is 29.8 Å². The Labute approximate surface area is 171 Å². The number of alkyl halides is 3. The smallest absolute Gasteiger partial charge is 0.376 e. The van der Waals surface area contributed by atoms with Gasteiger partial charge in [-0.15, -0.1) is 0 Å². The zero-order valence-electron chi connectivity index (χ0n) is 15.1. The minimum Gasteiger partial charge on any atom is -0.376 e. The van der Waals surface area contributed by atoms with E-state index in [2.05, 4.69) is 5.32 Å². The number of sulfone groups is 1. The van der Waals surface area contributed by atoms with Crippen LogP contribution in [-0.4, -0.2) is 38.4 Å². The Bertz CT molecular complexity index is 998. The van der Waals surface area contributed by atoms with Gasteiger partial charge in [-0.05, 0) is 36.8 Å². The molecule has 1 atom stereocenters. The molecular weight excluding hydrogens is 429 g/mol. The highest BCUT2D eigenvalue weighted by atomic mass is 35.5. The van der Waals surface area contributed by atoms with Gasteiger partial charge in [0.05, 0.1) is 34.7 Å². The van der Waals surface area contributed by atoms with Crippen LogP contribution in [0, 0.1) is 0 Å². The fourth-order valence-electron chi connectivity index (χ4n) is 3.24. The van der Waals surface area contributed by atoms with Crippen molar-refractivity contribution in [2.75, 3.05) is 28.3 Å². The van der Waals surface area contributed by atoms with Crippen molar-refractivity contribution >= 4 is 38.7 Å². The monoisotopic (exact) mass is 446 g/mol. The normalized spacial score (nSPS) is 18.4. The Balaban J connectivity index is 1.79. The number of carbonyl (C=O) groups excluding carboxylic acids is 1. The highest BCUT2D eigenvalue weighted by Crippen LogP contribution is 2.36. The Hall–Kier alpha value is -2.26. The van der Waals surface area contributed by atoms with Crippen molar-refractivity contribution in [3.8, 4) is 0 Å². The maximum atomic E-state index is 13.0. The first-order chi connectivity index (χ1) is 13.6. The highest BCUT2D eigenvalue weighted by Gasteiger charge is 2.36. The molecule has 3 rings (SSSR count). The zero-order chi connectivity index (χ0) is 21.2. The molecule has 0 spiro atoms. The van der Waals surface area contributed by atoms with Crippen LogP contribution < -0.4 is 10.2 Å². The van der Waals surface area contributed by atoms with E-state index in [0.717, 1.165) is 12.1 Å². The summed E-state index contributed by atoms with van der Waals surface area (Å²) in [7, 11) is -3.23. The van der Waals surface area contributed by atoms with Crippen LogP contribution in [0.2, 0.25) is 5.02 Å². The van der Waals surface area contributed by atoms with Crippen molar-refractivity contribution in [3.63, 3.8) is 0 Å². The van der Waals surface area contributed by atoms with Gasteiger partial charge < -0.3 is 10.2 Å². The van der Waals surface area contributed by atoms with Gasteiger partial charge in [0.25, 0.3) is 0 Å². The van der Waals surface area contributed by atoms with Crippen molar-refractivity contribution in [1.82, 2.24) is 0 Å². The van der Waals surface area contributed by atoms with Gasteiger partial charge in [-0.25, -0.2) is 8.42 Å². The van der Waals surface area contributed by atoms with Crippen LogP contribution in [0.15, 0.2) is 48.5 Å². The molecule has 2 aromatic rings. The highest BCUT2D eigenvalue weighted by molar-refractivity contribution is 7.91. The van der Waals surface area contributed by atoms with E-state index in [9.17, 15) is 26.4 Å². The first kappa shape index (κ1) is 21.4. The Morgan fingerprint density at radius 2 is 1.86 bits per heavy atom. The molecule has 0 radical (unpaired) electrons. The van der Waals surface area contributed by atoms with Crippen LogP contribution in [0.4, 0.5) is 24.5 Å². The van der Waals surface area contributed by atoms with Crippen LogP contribution in [0.1, 0.15) is 12.0 Å². The van der Waals surface area contributed by atoms with Gasteiger partial charge in [-0.3, -0.25) is 4.79 Å². The fourth-order valence-corrected chi connectivity index (χ4v) is 5.17. The van der Waals surface area contributed by atoms with Crippen LogP contribution in [0.5, 0.6) is 0 Å². The summed E-state index contributed by atoms with van der Waals surface area (Å²) in [6.45, 7) is -0.301. The van der Waals surface area contributed by atoms with E-state index in [4.69, 9.17) is 11.6 Å². The van der Waals surface area contributed by atoms with E-state index in [1.165, 1.54) is 11.0 Å². The quantitative estimate of drug-likeness (QED) is 0.754. The molecule has 2 aromatic carbocycles. The second kappa shape index (κ2) is 8.23. The fraction of sp³-hybridized carbons (Fsp3) is 0.316. The summed E-state index contributed by atoms with van der Waals surface area (Å²) in [5.41, 5.74) is -0.381. The second-order valence-electron chi connectivity index (χ2n) is 6.70. The zero-order valence-corrected chi connectivity index (χ0v) is 16.7. The summed E-state index contributed by atoms with van der Waals surface area (Å²) in [6, 6.07) is 11.4. The third-order valence-electron chi connectivity index (χ3n) is 4.59. The largest absolute Gasteiger partial charge is 0.417 e. The molecular formula is C19H18ClF3N2O3S. The molecule has 1 unspecified atom stereocenters. The number of benzene rings is 2. The molecule has 1 aliphatic heterocycles. The number of carbonyl (C=O) groups is 1. The molecule has 156 valence electrons. The summed E-state index contributed by atoms with van der Waals surface area (Å²) in [5.74, 6) is -0.595. The molecule has 0 aromatic heterocycles. The summed E-state index contributed by atoms with van der Waals surface area (Å²) < 4.78 is 62.8. The van der Waals surface area contributed by atoms with Gasteiger partial charge in [0, 0.05) is 11.4 Å². The predicted molar refractivity (Wildman–Crippen MR) is 106 cm³/mol. The number of nitrogens with zero attached hydrogens (tertiary/aromatic N) is 1. The number of rotatable bonds is 5. The molecule has 0 saturated carbocycles. The van der Waals surface area contributed by atoms with Crippen molar-refractivity contribution in [2.24, 2.45) is 0 Å². The number of hydrogen-bond acceptors (Lipinski definition) is 4. The standard InChI is InChI=1S/C19H18ClF3N2O3S/c20-17-7-6-13(10-16(17)19(21,22)23)24-11-18(26)25(14-4-2-1-3-5-14)15-8-9-29(27,28)12-15/h1-7,10,15,24H,8-9,11-12H2. The van der Waals surface area contributed by atoms with E-state index in [-0.39, 0.29) is 23.7 Å². The van der Waals surface area contributed by atoms with Crippen LogP contribution in [0.3, 0.4) is 0 Å². The van der Waals surface area contributed by atoms with E-state index in [1.54, 1.807) is 30.3 Å². The number of nitrogens with one attached hydrogen (secondary N) is 1.